The highest BCUT2D eigenvalue weighted by Crippen LogP contribution is 2.34. The zero-order valence-electron chi connectivity index (χ0n) is 26.9. The minimum atomic E-state index is -0.953. The molecule has 2 aromatic heterocycles. The molecular weight excluding hydrogens is 612 g/mol. The van der Waals surface area contributed by atoms with Gasteiger partial charge in [-0.2, -0.15) is 0 Å². The Hall–Kier alpha value is -5.75. The van der Waals surface area contributed by atoms with Crippen LogP contribution in [0.4, 0.5) is 5.82 Å². The lowest BCUT2D eigenvalue weighted by molar-refractivity contribution is -0.0570. The SMILES string of the molecule is Cc1ccc(C(=O)OC[C@H]2O[C@@H](n3c(=O)cnc4c(N=CN(C)C)nc(-c5ccccc5)nc43)C[C@@H]2OC(=O)c2ccc(C)cc2)cc1. The second-order valence-corrected chi connectivity index (χ2v) is 11.7. The van der Waals surface area contributed by atoms with Gasteiger partial charge in [0.1, 0.15) is 25.0 Å². The molecule has 0 bridgehead atoms. The first-order valence-corrected chi connectivity index (χ1v) is 15.4. The number of aryl methyl sites for hydroxylation is 2. The van der Waals surface area contributed by atoms with Crippen LogP contribution in [0.2, 0.25) is 0 Å². The van der Waals surface area contributed by atoms with Crippen molar-refractivity contribution in [3.63, 3.8) is 0 Å². The van der Waals surface area contributed by atoms with E-state index in [0.29, 0.717) is 22.5 Å². The second-order valence-electron chi connectivity index (χ2n) is 11.7. The molecule has 0 spiro atoms. The zero-order valence-corrected chi connectivity index (χ0v) is 26.9. The molecule has 48 heavy (non-hydrogen) atoms. The molecule has 1 saturated heterocycles. The number of benzene rings is 3. The van der Waals surface area contributed by atoms with Crippen molar-refractivity contribution in [1.82, 2.24) is 24.4 Å². The van der Waals surface area contributed by atoms with Crippen LogP contribution in [-0.4, -0.2) is 75.6 Å². The highest BCUT2D eigenvalue weighted by molar-refractivity contribution is 5.90. The zero-order chi connectivity index (χ0) is 33.8. The van der Waals surface area contributed by atoms with Crippen molar-refractivity contribution < 1.29 is 23.8 Å². The fraction of sp³-hybridized carbons (Fsp3) is 0.250. The lowest BCUT2D eigenvalue weighted by atomic mass is 10.1. The lowest BCUT2D eigenvalue weighted by Gasteiger charge is -2.19. The van der Waals surface area contributed by atoms with E-state index in [4.69, 9.17) is 19.2 Å². The topological polar surface area (TPSA) is 138 Å². The van der Waals surface area contributed by atoms with E-state index >= 15 is 0 Å². The summed E-state index contributed by atoms with van der Waals surface area (Å²) in [6.07, 6.45) is 0.0978. The third kappa shape index (κ3) is 7.13. The Labute approximate surface area is 276 Å². The van der Waals surface area contributed by atoms with E-state index < -0.39 is 35.9 Å². The number of hydrogen-bond donors (Lipinski definition) is 0. The molecule has 1 aliphatic rings. The first-order valence-electron chi connectivity index (χ1n) is 15.4. The Morgan fingerprint density at radius 1 is 0.938 bits per heavy atom. The number of hydrogen-bond acceptors (Lipinski definition) is 10. The van der Waals surface area contributed by atoms with Crippen molar-refractivity contribution in [2.45, 2.75) is 38.7 Å². The van der Waals surface area contributed by atoms with Gasteiger partial charge in [0.2, 0.25) is 0 Å². The summed E-state index contributed by atoms with van der Waals surface area (Å²) in [4.78, 5) is 59.7. The maximum atomic E-state index is 13.5. The van der Waals surface area contributed by atoms with E-state index in [2.05, 4.69) is 15.0 Å². The maximum absolute atomic E-state index is 13.5. The standard InChI is InChI=1S/C36H34N6O6/c1-22-10-14-25(15-11-22)35(44)46-20-28-27(48-36(45)26-16-12-23(2)13-17-26)18-30(47-28)42-29(43)19-37-31-33(38-21-41(3)4)39-32(40-34(31)42)24-8-6-5-7-9-24/h5-17,19,21,27-28,30H,18,20H2,1-4H3/t27-,28+,30+/m0/s1. The highest BCUT2D eigenvalue weighted by Gasteiger charge is 2.41. The van der Waals surface area contributed by atoms with Crippen LogP contribution in [0, 0.1) is 13.8 Å². The summed E-state index contributed by atoms with van der Waals surface area (Å²) in [5.74, 6) is -0.537. The maximum Gasteiger partial charge on any atom is 0.338 e. The summed E-state index contributed by atoms with van der Waals surface area (Å²) >= 11 is 0. The van der Waals surface area contributed by atoms with Crippen molar-refractivity contribution in [3.8, 4) is 11.4 Å². The lowest BCUT2D eigenvalue weighted by Crippen LogP contribution is -2.32. The van der Waals surface area contributed by atoms with E-state index in [9.17, 15) is 14.4 Å². The Kier molecular flexibility index (Phi) is 9.35. The highest BCUT2D eigenvalue weighted by atomic mass is 16.6. The largest absolute Gasteiger partial charge is 0.459 e. The third-order valence-corrected chi connectivity index (χ3v) is 7.74. The molecule has 12 heteroatoms. The first-order chi connectivity index (χ1) is 23.2. The van der Waals surface area contributed by atoms with Gasteiger partial charge >= 0.3 is 11.9 Å². The summed E-state index contributed by atoms with van der Waals surface area (Å²) in [5.41, 5.74) is 3.40. The Bertz CT molecular complexity index is 2030. The van der Waals surface area contributed by atoms with E-state index in [1.165, 1.54) is 4.57 Å². The van der Waals surface area contributed by atoms with Crippen LogP contribution < -0.4 is 5.56 Å². The fourth-order valence-electron chi connectivity index (χ4n) is 5.21. The van der Waals surface area contributed by atoms with E-state index in [-0.39, 0.29) is 30.0 Å². The Balaban J connectivity index is 1.37. The van der Waals surface area contributed by atoms with Gasteiger partial charge in [-0.3, -0.25) is 9.36 Å². The van der Waals surface area contributed by atoms with Gasteiger partial charge in [-0.1, -0.05) is 65.7 Å². The molecule has 3 heterocycles. The van der Waals surface area contributed by atoms with Crippen molar-refractivity contribution >= 4 is 35.3 Å². The number of nitrogens with zero attached hydrogens (tertiary/aromatic N) is 6. The van der Waals surface area contributed by atoms with Crippen molar-refractivity contribution in [3.05, 3.63) is 118 Å². The number of aromatic nitrogens is 4. The second kappa shape index (κ2) is 13.9. The van der Waals surface area contributed by atoms with Crippen LogP contribution in [0.5, 0.6) is 0 Å². The van der Waals surface area contributed by atoms with E-state index in [0.717, 1.165) is 17.3 Å². The van der Waals surface area contributed by atoms with Crippen LogP contribution in [0.15, 0.2) is 94.8 Å². The molecule has 0 unspecified atom stereocenters. The van der Waals surface area contributed by atoms with Gasteiger partial charge in [0.05, 0.1) is 23.7 Å². The monoisotopic (exact) mass is 646 g/mol. The van der Waals surface area contributed by atoms with Crippen LogP contribution >= 0.6 is 0 Å². The molecule has 6 rings (SSSR count). The number of ether oxygens (including phenoxy) is 3. The summed E-state index contributed by atoms with van der Waals surface area (Å²) in [6.45, 7) is 3.61. The molecule has 0 saturated carbocycles. The van der Waals surface area contributed by atoms with Crippen molar-refractivity contribution in [2.24, 2.45) is 4.99 Å². The molecule has 0 N–H and O–H groups in total. The van der Waals surface area contributed by atoms with Gasteiger partial charge in [-0.25, -0.2) is 29.5 Å². The van der Waals surface area contributed by atoms with Gasteiger partial charge in [0.25, 0.3) is 5.56 Å². The van der Waals surface area contributed by atoms with Crippen molar-refractivity contribution in [1.29, 1.82) is 0 Å². The molecule has 244 valence electrons. The molecule has 0 aliphatic carbocycles. The number of esters is 2. The van der Waals surface area contributed by atoms with Gasteiger partial charge in [-0.15, -0.1) is 0 Å². The average Bonchev–Trinajstić information content (AvgIpc) is 3.48. The van der Waals surface area contributed by atoms with E-state index in [1.54, 1.807) is 35.5 Å². The molecule has 0 radical (unpaired) electrons. The third-order valence-electron chi connectivity index (χ3n) is 7.74. The van der Waals surface area contributed by atoms with Crippen LogP contribution in [0.1, 0.15) is 44.5 Å². The molecular formula is C36H34N6O6. The van der Waals surface area contributed by atoms with Gasteiger partial charge in [-0.05, 0) is 38.1 Å². The molecule has 0 amide bonds. The van der Waals surface area contributed by atoms with Gasteiger partial charge in [0, 0.05) is 26.1 Å². The predicted octanol–water partition coefficient (Wildman–Crippen LogP) is 5.06. The number of rotatable bonds is 9. The normalized spacial score (nSPS) is 17.5. The van der Waals surface area contributed by atoms with Crippen LogP contribution in [0.3, 0.4) is 0 Å². The minimum absolute atomic E-state index is 0.0738. The first kappa shape index (κ1) is 32.2. The number of carbonyl (C=O) groups excluding carboxylic acids is 2. The van der Waals surface area contributed by atoms with Crippen LogP contribution in [0.25, 0.3) is 22.6 Å². The molecule has 1 fully saturated rings. The van der Waals surface area contributed by atoms with Crippen molar-refractivity contribution in [2.75, 3.05) is 20.7 Å². The molecule has 5 aromatic rings. The molecule has 12 nitrogen and oxygen atoms in total. The number of aliphatic imine (C=N–C) groups is 1. The number of fused-ring (bicyclic) bond motifs is 1. The van der Waals surface area contributed by atoms with Gasteiger partial charge in [0.15, 0.2) is 22.8 Å². The minimum Gasteiger partial charge on any atom is -0.459 e. The summed E-state index contributed by atoms with van der Waals surface area (Å²) < 4.78 is 19.3. The van der Waals surface area contributed by atoms with E-state index in [1.807, 2.05) is 82.5 Å². The Morgan fingerprint density at radius 3 is 2.23 bits per heavy atom. The summed E-state index contributed by atoms with van der Waals surface area (Å²) in [5, 5.41) is 0. The van der Waals surface area contributed by atoms with Gasteiger partial charge < -0.3 is 19.1 Å². The summed E-state index contributed by atoms with van der Waals surface area (Å²) in [6, 6.07) is 23.3. The average molecular weight is 647 g/mol. The molecule has 3 aromatic carbocycles. The predicted molar refractivity (Wildman–Crippen MR) is 179 cm³/mol. The quantitative estimate of drug-likeness (QED) is 0.121. The Morgan fingerprint density at radius 2 is 1.58 bits per heavy atom. The summed E-state index contributed by atoms with van der Waals surface area (Å²) in [7, 11) is 3.65. The molecule has 1 aliphatic heterocycles. The van der Waals surface area contributed by atoms with Crippen LogP contribution in [-0.2, 0) is 14.2 Å². The smallest absolute Gasteiger partial charge is 0.338 e. The fourth-order valence-corrected chi connectivity index (χ4v) is 5.21. The molecule has 3 atom stereocenters. The number of carbonyl (C=O) groups is 2.